The highest BCUT2D eigenvalue weighted by molar-refractivity contribution is 7.89. The molecule has 0 radical (unpaired) electrons. The van der Waals surface area contributed by atoms with E-state index in [1.54, 1.807) is 16.4 Å². The molecule has 1 atom stereocenters. The molecule has 27 heavy (non-hydrogen) atoms. The topological polar surface area (TPSA) is 37.4 Å². The highest BCUT2D eigenvalue weighted by atomic mass is 32.2. The molecule has 0 N–H and O–H groups in total. The molecule has 1 heterocycles. The van der Waals surface area contributed by atoms with Gasteiger partial charge < -0.3 is 0 Å². The monoisotopic (exact) mass is 375 g/mol. The van der Waals surface area contributed by atoms with Crippen molar-refractivity contribution in [1.82, 2.24) is 4.31 Å². The van der Waals surface area contributed by atoms with Crippen molar-refractivity contribution in [1.29, 1.82) is 0 Å². The van der Waals surface area contributed by atoms with Crippen molar-refractivity contribution in [3.8, 4) is 0 Å². The highest BCUT2D eigenvalue weighted by Gasteiger charge is 2.38. The van der Waals surface area contributed by atoms with E-state index in [0.29, 0.717) is 11.4 Å². The van der Waals surface area contributed by atoms with Crippen LogP contribution in [0.5, 0.6) is 0 Å². The minimum atomic E-state index is -3.61. The van der Waals surface area contributed by atoms with E-state index >= 15 is 0 Å². The Balaban J connectivity index is 1.80. The normalized spacial score (nSPS) is 17.7. The number of aryl methyl sites for hydroxylation is 1. The van der Waals surface area contributed by atoms with E-state index in [4.69, 9.17) is 0 Å². The van der Waals surface area contributed by atoms with Crippen LogP contribution in [0.4, 0.5) is 0 Å². The van der Waals surface area contributed by atoms with Gasteiger partial charge in [-0.15, -0.1) is 0 Å². The quantitative estimate of drug-likeness (QED) is 0.655. The summed E-state index contributed by atoms with van der Waals surface area (Å²) in [4.78, 5) is 0.330. The molecule has 4 rings (SSSR count). The van der Waals surface area contributed by atoms with Crippen LogP contribution in [-0.2, 0) is 10.0 Å². The molecule has 0 aliphatic carbocycles. The maximum atomic E-state index is 13.4. The van der Waals surface area contributed by atoms with Crippen molar-refractivity contribution < 1.29 is 8.42 Å². The summed E-state index contributed by atoms with van der Waals surface area (Å²) in [5.74, 6) is 0. The van der Waals surface area contributed by atoms with Crippen molar-refractivity contribution >= 4 is 15.6 Å². The van der Waals surface area contributed by atoms with Gasteiger partial charge in [0.1, 0.15) is 0 Å². The van der Waals surface area contributed by atoms with E-state index in [1.165, 1.54) is 0 Å². The number of nitrogens with zero attached hydrogens (tertiary/aromatic N) is 1. The van der Waals surface area contributed by atoms with Crippen LogP contribution in [0.15, 0.2) is 95.9 Å². The second-order valence-corrected chi connectivity index (χ2v) is 8.62. The van der Waals surface area contributed by atoms with Gasteiger partial charge >= 0.3 is 0 Å². The van der Waals surface area contributed by atoms with Crippen LogP contribution in [-0.4, -0.2) is 19.3 Å². The molecule has 0 saturated carbocycles. The second kappa shape index (κ2) is 7.14. The third kappa shape index (κ3) is 3.34. The Labute approximate surface area is 160 Å². The number of rotatable bonds is 4. The molecular formula is C23H21NO2S. The lowest BCUT2D eigenvalue weighted by Crippen LogP contribution is -2.32. The van der Waals surface area contributed by atoms with E-state index in [2.05, 4.69) is 0 Å². The van der Waals surface area contributed by atoms with E-state index in [9.17, 15) is 8.42 Å². The molecule has 0 fully saturated rings. The van der Waals surface area contributed by atoms with Gasteiger partial charge in [0.2, 0.25) is 10.0 Å². The Hall–Kier alpha value is -2.69. The highest BCUT2D eigenvalue weighted by Crippen LogP contribution is 2.42. The molecule has 0 amide bonds. The van der Waals surface area contributed by atoms with E-state index in [-0.39, 0.29) is 6.04 Å². The average molecular weight is 375 g/mol. The van der Waals surface area contributed by atoms with Crippen molar-refractivity contribution in [2.24, 2.45) is 0 Å². The summed E-state index contributed by atoms with van der Waals surface area (Å²) < 4.78 is 28.4. The minimum Gasteiger partial charge on any atom is -0.207 e. The Kier molecular flexibility index (Phi) is 4.68. The van der Waals surface area contributed by atoms with Crippen molar-refractivity contribution in [2.45, 2.75) is 17.9 Å². The molecule has 136 valence electrons. The number of sulfonamides is 1. The predicted octanol–water partition coefficient (Wildman–Crippen LogP) is 4.82. The van der Waals surface area contributed by atoms with E-state index in [1.807, 2.05) is 85.8 Å². The molecule has 3 aromatic carbocycles. The van der Waals surface area contributed by atoms with Crippen LogP contribution in [0, 0.1) is 6.92 Å². The molecule has 0 spiro atoms. The first kappa shape index (κ1) is 17.7. The van der Waals surface area contributed by atoms with E-state index < -0.39 is 10.0 Å². The Morgan fingerprint density at radius 1 is 0.815 bits per heavy atom. The second-order valence-electron chi connectivity index (χ2n) is 6.73. The van der Waals surface area contributed by atoms with Crippen LogP contribution in [0.25, 0.3) is 5.57 Å². The SMILES string of the molecule is Cc1ccc(S(=O)(=O)N2CC=C(c3ccccc3)C2c2ccccc2)cc1. The van der Waals surface area contributed by atoms with Crippen LogP contribution >= 0.6 is 0 Å². The molecule has 1 aliphatic rings. The molecule has 1 unspecified atom stereocenters. The van der Waals surface area contributed by atoms with Crippen molar-refractivity contribution in [2.75, 3.05) is 6.54 Å². The largest absolute Gasteiger partial charge is 0.244 e. The lowest BCUT2D eigenvalue weighted by Gasteiger charge is -2.27. The third-order valence-electron chi connectivity index (χ3n) is 4.92. The maximum Gasteiger partial charge on any atom is 0.244 e. The first-order chi connectivity index (χ1) is 13.1. The molecule has 1 aliphatic heterocycles. The first-order valence-electron chi connectivity index (χ1n) is 8.96. The van der Waals surface area contributed by atoms with Gasteiger partial charge in [0, 0.05) is 6.54 Å². The van der Waals surface area contributed by atoms with Crippen LogP contribution in [0.3, 0.4) is 0 Å². The Morgan fingerprint density at radius 3 is 2.04 bits per heavy atom. The summed E-state index contributed by atoms with van der Waals surface area (Å²) in [5, 5.41) is 0. The predicted molar refractivity (Wildman–Crippen MR) is 109 cm³/mol. The molecular weight excluding hydrogens is 354 g/mol. The van der Waals surface area contributed by atoms with Gasteiger partial charge in [0.15, 0.2) is 0 Å². The molecule has 0 bridgehead atoms. The van der Waals surface area contributed by atoms with Gasteiger partial charge in [-0.1, -0.05) is 84.4 Å². The zero-order chi connectivity index (χ0) is 18.9. The van der Waals surface area contributed by atoms with Gasteiger partial charge in [-0.2, -0.15) is 4.31 Å². The fourth-order valence-corrected chi connectivity index (χ4v) is 5.06. The first-order valence-corrected chi connectivity index (χ1v) is 10.4. The maximum absolute atomic E-state index is 13.4. The zero-order valence-corrected chi connectivity index (χ0v) is 15.9. The van der Waals surface area contributed by atoms with Crippen LogP contribution in [0.1, 0.15) is 22.7 Å². The fraction of sp³-hybridized carbons (Fsp3) is 0.130. The summed E-state index contributed by atoms with van der Waals surface area (Å²) in [6, 6.07) is 26.5. The average Bonchev–Trinajstić information content (AvgIpc) is 3.16. The molecule has 0 aromatic heterocycles. The van der Waals surface area contributed by atoms with Gasteiger partial charge in [0.05, 0.1) is 10.9 Å². The molecule has 3 aromatic rings. The van der Waals surface area contributed by atoms with Crippen molar-refractivity contribution in [3.63, 3.8) is 0 Å². The summed E-state index contributed by atoms with van der Waals surface area (Å²) >= 11 is 0. The molecule has 0 saturated heterocycles. The lowest BCUT2D eigenvalue weighted by atomic mass is 9.95. The summed E-state index contributed by atoms with van der Waals surface area (Å²) in [6.07, 6.45) is 2.03. The lowest BCUT2D eigenvalue weighted by molar-refractivity contribution is 0.423. The Bertz CT molecular complexity index is 1060. The summed E-state index contributed by atoms with van der Waals surface area (Å²) in [5.41, 5.74) is 4.09. The molecule has 3 nitrogen and oxygen atoms in total. The fourth-order valence-electron chi connectivity index (χ4n) is 3.53. The number of hydrogen-bond donors (Lipinski definition) is 0. The summed E-state index contributed by atoms with van der Waals surface area (Å²) in [6.45, 7) is 2.31. The van der Waals surface area contributed by atoms with Gasteiger partial charge in [0.25, 0.3) is 0 Å². The van der Waals surface area contributed by atoms with Crippen LogP contribution in [0.2, 0.25) is 0 Å². The molecule has 4 heteroatoms. The number of hydrogen-bond acceptors (Lipinski definition) is 2. The standard InChI is InChI=1S/C23H21NO2S/c1-18-12-14-21(15-13-18)27(25,26)24-17-16-22(19-8-4-2-5-9-19)23(24)20-10-6-3-7-11-20/h2-16,23H,17H2,1H3. The zero-order valence-electron chi connectivity index (χ0n) is 15.1. The smallest absolute Gasteiger partial charge is 0.207 e. The number of benzene rings is 3. The summed E-state index contributed by atoms with van der Waals surface area (Å²) in [7, 11) is -3.61. The van der Waals surface area contributed by atoms with Gasteiger partial charge in [-0.3, -0.25) is 0 Å². The minimum absolute atomic E-state index is 0.330. The third-order valence-corrected chi connectivity index (χ3v) is 6.77. The Morgan fingerprint density at radius 2 is 1.41 bits per heavy atom. The van der Waals surface area contributed by atoms with Crippen LogP contribution < -0.4 is 0 Å². The van der Waals surface area contributed by atoms with Crippen molar-refractivity contribution in [3.05, 3.63) is 108 Å². The van der Waals surface area contributed by atoms with Gasteiger partial charge in [-0.25, -0.2) is 8.42 Å². The van der Waals surface area contributed by atoms with E-state index in [0.717, 1.165) is 22.3 Å². The van der Waals surface area contributed by atoms with Gasteiger partial charge in [-0.05, 0) is 35.8 Å².